The van der Waals surface area contributed by atoms with Gasteiger partial charge in [-0.05, 0) is 69.2 Å². The zero-order valence-corrected chi connectivity index (χ0v) is 18.5. The Balaban J connectivity index is 1.40. The van der Waals surface area contributed by atoms with E-state index >= 15 is 0 Å². The Bertz CT molecular complexity index is 904. The summed E-state index contributed by atoms with van der Waals surface area (Å²) in [4.78, 5) is 22.8. The number of halogens is 1. The molecule has 31 heavy (non-hydrogen) atoms. The van der Waals surface area contributed by atoms with Crippen LogP contribution in [-0.2, 0) is 19.6 Å². The van der Waals surface area contributed by atoms with E-state index in [0.717, 1.165) is 12.8 Å². The highest BCUT2D eigenvalue weighted by molar-refractivity contribution is 7.89. The molecule has 8 nitrogen and oxygen atoms in total. The zero-order chi connectivity index (χ0) is 22.4. The molecule has 0 aromatic heterocycles. The van der Waals surface area contributed by atoms with Crippen molar-refractivity contribution in [1.29, 1.82) is 0 Å². The van der Waals surface area contributed by atoms with Gasteiger partial charge in [-0.25, -0.2) is 17.5 Å². The molecule has 1 aliphatic carbocycles. The second-order valence-electron chi connectivity index (χ2n) is 8.27. The van der Waals surface area contributed by atoms with Gasteiger partial charge in [0.2, 0.25) is 21.8 Å². The van der Waals surface area contributed by atoms with Gasteiger partial charge in [0.1, 0.15) is 0 Å². The van der Waals surface area contributed by atoms with Crippen LogP contribution in [0, 0.1) is 11.7 Å². The lowest BCUT2D eigenvalue weighted by molar-refractivity contribution is -0.134. The number of imide groups is 1. The molecular weight excluding hydrogens is 425 g/mol. The summed E-state index contributed by atoms with van der Waals surface area (Å²) in [5, 5.41) is 5.33. The molecule has 1 aromatic carbocycles. The first-order valence-corrected chi connectivity index (χ1v) is 12.4. The Hall–Kier alpha value is -2.04. The first kappa shape index (κ1) is 23.6. The van der Waals surface area contributed by atoms with Crippen LogP contribution in [-0.4, -0.2) is 45.2 Å². The second-order valence-corrected chi connectivity index (χ2v) is 10.1. The summed E-state index contributed by atoms with van der Waals surface area (Å²) in [5.41, 5.74) is 0.635. The van der Waals surface area contributed by atoms with Gasteiger partial charge >= 0.3 is 0 Å². The lowest BCUT2D eigenvalue weighted by atomic mass is 10.1. The third-order valence-electron chi connectivity index (χ3n) is 5.45. The van der Waals surface area contributed by atoms with E-state index in [2.05, 4.69) is 15.4 Å². The number of unbranched alkanes of at least 4 members (excludes halogenated alkanes) is 1. The van der Waals surface area contributed by atoms with Crippen molar-refractivity contribution >= 4 is 21.8 Å². The average Bonchev–Trinajstić information content (AvgIpc) is 3.52. The Morgan fingerprint density at radius 1 is 1.23 bits per heavy atom. The number of piperidine rings is 1. The quantitative estimate of drug-likeness (QED) is 0.327. The normalized spacial score (nSPS) is 20.4. The first-order chi connectivity index (χ1) is 14.7. The van der Waals surface area contributed by atoms with Crippen LogP contribution >= 0.6 is 0 Å². The van der Waals surface area contributed by atoms with Gasteiger partial charge in [-0.1, -0.05) is 6.07 Å². The van der Waals surface area contributed by atoms with E-state index in [-0.39, 0.29) is 23.3 Å². The summed E-state index contributed by atoms with van der Waals surface area (Å²) in [6.07, 6.45) is 3.94. The van der Waals surface area contributed by atoms with Gasteiger partial charge in [-0.2, -0.15) is 0 Å². The van der Waals surface area contributed by atoms with Crippen molar-refractivity contribution in [2.24, 2.45) is 5.92 Å². The van der Waals surface area contributed by atoms with Gasteiger partial charge < -0.3 is 10.1 Å². The summed E-state index contributed by atoms with van der Waals surface area (Å²) in [7, 11) is -3.53. The van der Waals surface area contributed by atoms with E-state index in [1.54, 1.807) is 19.1 Å². The van der Waals surface area contributed by atoms with Gasteiger partial charge in [-0.15, -0.1) is 0 Å². The number of carbonyl (C=O) groups excluding carboxylic acids is 2. The fraction of sp³-hybridized carbons (Fsp3) is 0.619. The molecule has 2 fully saturated rings. The third kappa shape index (κ3) is 7.55. The predicted octanol–water partition coefficient (Wildman–Crippen LogP) is 1.77. The topological polar surface area (TPSA) is 114 Å². The molecule has 2 aliphatic rings. The van der Waals surface area contributed by atoms with Crippen molar-refractivity contribution in [2.45, 2.75) is 57.5 Å². The fourth-order valence-corrected chi connectivity index (χ4v) is 4.75. The maximum absolute atomic E-state index is 13.9. The smallest absolute Gasteiger partial charge is 0.243 e. The molecule has 3 rings (SSSR count). The van der Waals surface area contributed by atoms with Crippen LogP contribution < -0.4 is 20.1 Å². The van der Waals surface area contributed by atoms with Crippen molar-refractivity contribution in [3.63, 3.8) is 0 Å². The number of sulfonamides is 1. The maximum Gasteiger partial charge on any atom is 0.243 e. The van der Waals surface area contributed by atoms with Gasteiger partial charge in [0, 0.05) is 12.5 Å². The molecule has 1 saturated carbocycles. The Morgan fingerprint density at radius 3 is 2.71 bits per heavy atom. The van der Waals surface area contributed by atoms with Gasteiger partial charge in [0.15, 0.2) is 11.6 Å². The van der Waals surface area contributed by atoms with E-state index in [1.807, 2.05) is 0 Å². The molecule has 1 aliphatic heterocycles. The summed E-state index contributed by atoms with van der Waals surface area (Å²) in [6, 6.07) is 3.46. The molecule has 2 amide bonds. The van der Waals surface area contributed by atoms with Crippen molar-refractivity contribution in [3.8, 4) is 5.75 Å². The highest BCUT2D eigenvalue weighted by atomic mass is 32.2. The molecule has 0 spiro atoms. The minimum atomic E-state index is -3.53. The molecule has 1 aromatic rings. The summed E-state index contributed by atoms with van der Waals surface area (Å²) >= 11 is 0. The number of carbonyl (C=O) groups is 2. The largest absolute Gasteiger partial charge is 0.490 e. The third-order valence-corrected chi connectivity index (χ3v) is 6.99. The van der Waals surface area contributed by atoms with Crippen molar-refractivity contribution in [1.82, 2.24) is 15.4 Å². The molecule has 2 atom stereocenters. The highest BCUT2D eigenvalue weighted by Gasteiger charge is 2.26. The number of amides is 2. The van der Waals surface area contributed by atoms with E-state index in [4.69, 9.17) is 4.74 Å². The van der Waals surface area contributed by atoms with Crippen LogP contribution in [0.4, 0.5) is 4.39 Å². The van der Waals surface area contributed by atoms with Crippen LogP contribution in [0.2, 0.25) is 0 Å². The second kappa shape index (κ2) is 10.5. The lowest BCUT2D eigenvalue weighted by Crippen LogP contribution is -2.50. The molecule has 1 saturated heterocycles. The molecule has 172 valence electrons. The Kier molecular flexibility index (Phi) is 8.01. The minimum absolute atomic E-state index is 0.0550. The SMILES string of the molecule is C[C@H](NS(=O)(=O)CCCCNC1CCC(=O)NC1=O)c1ccc(F)c(OCC2CC2)c1. The standard InChI is InChI=1S/C21H30FN3O5S/c1-14(16-6-7-17(22)19(12-16)30-13-15-4-5-15)25-31(28,29)11-3-2-10-23-18-8-9-20(26)24-21(18)27/h6-7,12,14-15,18,23,25H,2-5,8-11,13H2,1H3,(H,24,26,27)/t14-,18?/m0/s1. The van der Waals surface area contributed by atoms with Gasteiger partial charge in [0.05, 0.1) is 18.4 Å². The van der Waals surface area contributed by atoms with Crippen molar-refractivity contribution in [3.05, 3.63) is 29.6 Å². The molecule has 1 unspecified atom stereocenters. The molecular formula is C21H30FN3O5S. The van der Waals surface area contributed by atoms with Crippen LogP contribution in [0.1, 0.15) is 57.1 Å². The van der Waals surface area contributed by atoms with Gasteiger partial charge in [0.25, 0.3) is 0 Å². The monoisotopic (exact) mass is 455 g/mol. The average molecular weight is 456 g/mol. The van der Waals surface area contributed by atoms with Crippen LogP contribution in [0.15, 0.2) is 18.2 Å². The summed E-state index contributed by atoms with van der Waals surface area (Å²) in [6.45, 7) is 2.67. The molecule has 1 heterocycles. The predicted molar refractivity (Wildman–Crippen MR) is 113 cm³/mol. The number of rotatable bonds is 12. The first-order valence-electron chi connectivity index (χ1n) is 10.7. The highest BCUT2D eigenvalue weighted by Crippen LogP contribution is 2.31. The number of nitrogens with one attached hydrogen (secondary N) is 3. The van der Waals surface area contributed by atoms with Crippen LogP contribution in [0.3, 0.4) is 0 Å². The maximum atomic E-state index is 13.9. The summed E-state index contributed by atoms with van der Waals surface area (Å²) < 4.78 is 46.9. The van der Waals surface area contributed by atoms with E-state index in [0.29, 0.717) is 50.3 Å². The number of hydrogen-bond acceptors (Lipinski definition) is 6. The number of benzene rings is 1. The van der Waals surface area contributed by atoms with Crippen LogP contribution in [0.5, 0.6) is 5.75 Å². The minimum Gasteiger partial charge on any atom is -0.490 e. The number of hydrogen-bond donors (Lipinski definition) is 3. The number of ether oxygens (including phenoxy) is 1. The van der Waals surface area contributed by atoms with E-state index < -0.39 is 27.9 Å². The molecule has 10 heteroatoms. The lowest BCUT2D eigenvalue weighted by Gasteiger charge is -2.21. The molecule has 0 radical (unpaired) electrons. The van der Waals surface area contributed by atoms with Crippen LogP contribution in [0.25, 0.3) is 0 Å². The van der Waals surface area contributed by atoms with Gasteiger partial charge in [-0.3, -0.25) is 14.9 Å². The zero-order valence-electron chi connectivity index (χ0n) is 17.7. The molecule has 0 bridgehead atoms. The van der Waals surface area contributed by atoms with Crippen molar-refractivity contribution < 1.29 is 27.1 Å². The van der Waals surface area contributed by atoms with E-state index in [9.17, 15) is 22.4 Å². The van der Waals surface area contributed by atoms with Crippen molar-refractivity contribution in [2.75, 3.05) is 18.9 Å². The Labute approximate surface area is 182 Å². The fourth-order valence-electron chi connectivity index (χ4n) is 3.37. The Morgan fingerprint density at radius 2 is 2.00 bits per heavy atom. The molecule has 3 N–H and O–H groups in total. The van der Waals surface area contributed by atoms with E-state index in [1.165, 1.54) is 6.07 Å². The summed E-state index contributed by atoms with van der Waals surface area (Å²) in [5.74, 6) is -0.474.